The largest absolute Gasteiger partial charge is 0.474 e. The van der Waals surface area contributed by atoms with Gasteiger partial charge >= 0.3 is 12.1 Å². The van der Waals surface area contributed by atoms with Crippen molar-refractivity contribution in [3.8, 4) is 17.6 Å². The zero-order valence-corrected chi connectivity index (χ0v) is 18.2. The molecule has 6 nitrogen and oxygen atoms in total. The summed E-state index contributed by atoms with van der Waals surface area (Å²) in [5, 5.41) is 0. The zero-order chi connectivity index (χ0) is 23.4. The second-order valence-electron chi connectivity index (χ2n) is 8.18. The van der Waals surface area contributed by atoms with E-state index in [0.717, 1.165) is 56.7 Å². The first kappa shape index (κ1) is 24.4. The molecular formula is C22H25F3O6S. The highest BCUT2D eigenvalue weighted by atomic mass is 32.2. The lowest BCUT2D eigenvalue weighted by atomic mass is 9.99. The molecule has 0 spiro atoms. The van der Waals surface area contributed by atoms with Crippen LogP contribution in [0.25, 0.3) is 0 Å². The maximum atomic E-state index is 13.6. The Labute approximate surface area is 185 Å². The van der Waals surface area contributed by atoms with Crippen LogP contribution in [0.5, 0.6) is 5.75 Å². The van der Waals surface area contributed by atoms with Gasteiger partial charge in [-0.15, -0.1) is 0 Å². The number of hydrogen-bond acceptors (Lipinski definition) is 5. The van der Waals surface area contributed by atoms with Gasteiger partial charge in [-0.3, -0.25) is 4.55 Å². The summed E-state index contributed by atoms with van der Waals surface area (Å²) < 4.78 is 81.7. The maximum absolute atomic E-state index is 13.6. The van der Waals surface area contributed by atoms with Crippen LogP contribution in [0.3, 0.4) is 0 Å². The van der Waals surface area contributed by atoms with Crippen molar-refractivity contribution in [3.63, 3.8) is 0 Å². The second kappa shape index (κ2) is 9.71. The van der Waals surface area contributed by atoms with Gasteiger partial charge in [0.25, 0.3) is 10.1 Å². The van der Waals surface area contributed by atoms with E-state index in [4.69, 9.17) is 14.0 Å². The Morgan fingerprint density at radius 2 is 1.81 bits per heavy atom. The van der Waals surface area contributed by atoms with Gasteiger partial charge in [-0.2, -0.15) is 21.6 Å². The van der Waals surface area contributed by atoms with Crippen LogP contribution >= 0.6 is 0 Å². The van der Waals surface area contributed by atoms with Crippen molar-refractivity contribution in [2.24, 2.45) is 5.92 Å². The lowest BCUT2D eigenvalue weighted by molar-refractivity contribution is -0.139. The summed E-state index contributed by atoms with van der Waals surface area (Å²) in [6.45, 7) is -0.633. The summed E-state index contributed by atoms with van der Waals surface area (Å²) in [4.78, 5) is 12.2. The first-order valence-corrected chi connectivity index (χ1v) is 12.1. The van der Waals surface area contributed by atoms with Gasteiger partial charge in [0.15, 0.2) is 5.60 Å². The Morgan fingerprint density at radius 3 is 2.41 bits per heavy atom. The van der Waals surface area contributed by atoms with E-state index in [-0.39, 0.29) is 11.5 Å². The Morgan fingerprint density at radius 1 is 1.16 bits per heavy atom. The molecule has 32 heavy (non-hydrogen) atoms. The molecule has 1 N–H and O–H groups in total. The lowest BCUT2D eigenvalue weighted by Gasteiger charge is -2.27. The number of hydrogen-bond donors (Lipinski definition) is 1. The Balaban J connectivity index is 1.86. The van der Waals surface area contributed by atoms with Crippen molar-refractivity contribution in [3.05, 3.63) is 29.3 Å². The minimum absolute atomic E-state index is 0.222. The van der Waals surface area contributed by atoms with E-state index in [1.807, 2.05) is 0 Å². The molecule has 2 saturated carbocycles. The molecule has 1 aromatic carbocycles. The highest BCUT2D eigenvalue weighted by Crippen LogP contribution is 2.41. The van der Waals surface area contributed by atoms with Gasteiger partial charge in [0.05, 0.1) is 11.1 Å². The standard InChI is InChI=1S/C22H25F3O6S/c23-22(24,25)18-8-7-17(20(26)30-13-14-32(27,28)29)15-19(18)31-21(10-3-4-11-21)12-9-16-5-1-2-6-16/h7-8,15-16H,1-6,10-11,13-14H2,(H,27,28,29). The van der Waals surface area contributed by atoms with Gasteiger partial charge in [-0.05, 0) is 56.7 Å². The lowest BCUT2D eigenvalue weighted by Crippen LogP contribution is -2.32. The quantitative estimate of drug-likeness (QED) is 0.367. The van der Waals surface area contributed by atoms with Crippen LogP contribution < -0.4 is 4.74 Å². The van der Waals surface area contributed by atoms with Crippen LogP contribution in [0, 0.1) is 17.8 Å². The van der Waals surface area contributed by atoms with Gasteiger partial charge in [-0.1, -0.05) is 24.7 Å². The molecule has 2 aliphatic rings. The van der Waals surface area contributed by atoms with Gasteiger partial charge in [0.2, 0.25) is 0 Å². The monoisotopic (exact) mass is 474 g/mol. The van der Waals surface area contributed by atoms with E-state index in [9.17, 15) is 26.4 Å². The van der Waals surface area contributed by atoms with E-state index in [1.54, 1.807) is 0 Å². The van der Waals surface area contributed by atoms with Crippen molar-refractivity contribution in [1.82, 2.24) is 0 Å². The number of halogens is 3. The Hall–Kier alpha value is -2.25. The molecule has 0 aromatic heterocycles. The van der Waals surface area contributed by atoms with Crippen molar-refractivity contribution >= 4 is 16.1 Å². The number of esters is 1. The van der Waals surface area contributed by atoms with Crippen LogP contribution in [0.1, 0.15) is 67.3 Å². The number of carbonyl (C=O) groups is 1. The molecule has 176 valence electrons. The van der Waals surface area contributed by atoms with Crippen molar-refractivity contribution < 1.29 is 40.4 Å². The Kier molecular flexibility index (Phi) is 7.40. The average Bonchev–Trinajstić information content (AvgIpc) is 3.37. The summed E-state index contributed by atoms with van der Waals surface area (Å²) in [5.74, 6) is 4.18. The van der Waals surface area contributed by atoms with Crippen LogP contribution in [0.2, 0.25) is 0 Å². The number of ether oxygens (including phenoxy) is 2. The summed E-state index contributed by atoms with van der Waals surface area (Å²) in [5.41, 5.74) is -2.29. The van der Waals surface area contributed by atoms with Crippen molar-refractivity contribution in [2.45, 2.75) is 63.1 Å². The van der Waals surface area contributed by atoms with Crippen molar-refractivity contribution in [2.75, 3.05) is 12.4 Å². The third-order valence-electron chi connectivity index (χ3n) is 5.67. The van der Waals surface area contributed by atoms with Crippen LogP contribution in [-0.2, 0) is 21.0 Å². The van der Waals surface area contributed by atoms with Crippen LogP contribution in [0.4, 0.5) is 13.2 Å². The summed E-state index contributed by atoms with van der Waals surface area (Å²) in [6.07, 6.45) is 1.96. The molecule has 0 unspecified atom stereocenters. The van der Waals surface area contributed by atoms with E-state index < -0.39 is 51.5 Å². The third kappa shape index (κ3) is 6.62. The molecule has 0 radical (unpaired) electrons. The molecule has 3 rings (SSSR count). The highest BCUT2D eigenvalue weighted by molar-refractivity contribution is 7.85. The predicted molar refractivity (Wildman–Crippen MR) is 110 cm³/mol. The van der Waals surface area contributed by atoms with E-state index in [2.05, 4.69) is 11.8 Å². The topological polar surface area (TPSA) is 89.9 Å². The van der Waals surface area contributed by atoms with E-state index in [1.165, 1.54) is 0 Å². The first-order chi connectivity index (χ1) is 15.0. The Bertz CT molecular complexity index is 995. The maximum Gasteiger partial charge on any atom is 0.419 e. The van der Waals surface area contributed by atoms with Crippen LogP contribution in [-0.4, -0.2) is 36.9 Å². The third-order valence-corrected chi connectivity index (χ3v) is 6.36. The molecule has 0 saturated heterocycles. The predicted octanol–water partition coefficient (Wildman–Crippen LogP) is 4.64. The molecule has 1 aromatic rings. The zero-order valence-electron chi connectivity index (χ0n) is 17.4. The van der Waals surface area contributed by atoms with Crippen LogP contribution in [0.15, 0.2) is 18.2 Å². The first-order valence-electron chi connectivity index (χ1n) is 10.5. The molecule has 10 heteroatoms. The minimum Gasteiger partial charge on any atom is -0.474 e. The van der Waals surface area contributed by atoms with Gasteiger partial charge in [0.1, 0.15) is 18.1 Å². The fourth-order valence-electron chi connectivity index (χ4n) is 4.00. The molecule has 0 bridgehead atoms. The number of rotatable bonds is 6. The summed E-state index contributed by atoms with van der Waals surface area (Å²) in [6, 6.07) is 2.63. The second-order valence-corrected chi connectivity index (χ2v) is 9.76. The molecule has 0 aliphatic heterocycles. The molecule has 0 heterocycles. The minimum atomic E-state index is -4.71. The number of benzene rings is 1. The SMILES string of the molecule is O=C(OCCS(=O)(=O)O)c1ccc(C(F)(F)F)c(OC2(C#CC3CCCC3)CCCC2)c1. The molecule has 2 aliphatic carbocycles. The number of alkyl halides is 3. The van der Waals surface area contributed by atoms with E-state index in [0.29, 0.717) is 12.8 Å². The summed E-state index contributed by atoms with van der Waals surface area (Å²) >= 11 is 0. The highest BCUT2D eigenvalue weighted by Gasteiger charge is 2.40. The van der Waals surface area contributed by atoms with Gasteiger partial charge in [0, 0.05) is 5.92 Å². The fraction of sp³-hybridized carbons (Fsp3) is 0.591. The normalized spacial score (nSPS) is 18.8. The van der Waals surface area contributed by atoms with Gasteiger partial charge in [-0.25, -0.2) is 4.79 Å². The fourth-order valence-corrected chi connectivity index (χ4v) is 4.30. The van der Waals surface area contributed by atoms with Crippen molar-refractivity contribution in [1.29, 1.82) is 0 Å². The van der Waals surface area contributed by atoms with Gasteiger partial charge < -0.3 is 9.47 Å². The molecular weight excluding hydrogens is 449 g/mol. The smallest absolute Gasteiger partial charge is 0.419 e. The molecule has 2 fully saturated rings. The summed E-state index contributed by atoms with van der Waals surface area (Å²) in [7, 11) is -4.34. The van der Waals surface area contributed by atoms with E-state index >= 15 is 0 Å². The molecule has 0 amide bonds. The molecule has 0 atom stereocenters. The number of carbonyl (C=O) groups excluding carboxylic acids is 1. The average molecular weight is 474 g/mol.